The third-order valence-electron chi connectivity index (χ3n) is 2.80. The molecule has 0 bridgehead atoms. The van der Waals surface area contributed by atoms with Crippen molar-refractivity contribution in [2.75, 3.05) is 0 Å². The Kier molecular flexibility index (Phi) is 2.56. The van der Waals surface area contributed by atoms with E-state index in [9.17, 15) is 0 Å². The summed E-state index contributed by atoms with van der Waals surface area (Å²) in [4.78, 5) is 0. The third-order valence-corrected chi connectivity index (χ3v) is 2.80. The summed E-state index contributed by atoms with van der Waals surface area (Å²) in [5.74, 6) is 1.01. The van der Waals surface area contributed by atoms with Crippen LogP contribution in [-0.4, -0.2) is 6.10 Å². The molecule has 0 spiro atoms. The van der Waals surface area contributed by atoms with Gasteiger partial charge in [0.1, 0.15) is 11.9 Å². The Balaban J connectivity index is 2.31. The van der Waals surface area contributed by atoms with Gasteiger partial charge in [0.15, 0.2) is 0 Å². The van der Waals surface area contributed by atoms with Crippen molar-refractivity contribution in [2.45, 2.75) is 33.3 Å². The van der Waals surface area contributed by atoms with Gasteiger partial charge >= 0.3 is 0 Å². The van der Waals surface area contributed by atoms with Crippen molar-refractivity contribution in [1.29, 1.82) is 0 Å². The summed E-state index contributed by atoms with van der Waals surface area (Å²) in [7, 11) is 0. The molecule has 0 aliphatic carbocycles. The molecule has 0 fully saturated rings. The smallest absolute Gasteiger partial charge is 0.126 e. The van der Waals surface area contributed by atoms with Crippen LogP contribution in [0.25, 0.3) is 6.08 Å². The molecule has 1 aliphatic rings. The molecule has 1 nitrogen and oxygen atoms in total. The van der Waals surface area contributed by atoms with Gasteiger partial charge in [0, 0.05) is 12.0 Å². The fourth-order valence-electron chi connectivity index (χ4n) is 1.78. The van der Waals surface area contributed by atoms with E-state index in [0.717, 1.165) is 12.2 Å². The van der Waals surface area contributed by atoms with E-state index in [0.29, 0.717) is 0 Å². The molecule has 1 unspecified atom stereocenters. The number of hydrogen-bond donors (Lipinski definition) is 0. The van der Waals surface area contributed by atoms with E-state index in [1.54, 1.807) is 0 Å². The van der Waals surface area contributed by atoms with Gasteiger partial charge in [-0.05, 0) is 11.5 Å². The molecule has 0 amide bonds. The summed E-state index contributed by atoms with van der Waals surface area (Å²) in [6, 6.07) is 8.21. The van der Waals surface area contributed by atoms with Crippen molar-refractivity contribution in [3.8, 4) is 5.75 Å². The lowest BCUT2D eigenvalue weighted by Crippen LogP contribution is -2.31. The van der Waals surface area contributed by atoms with Crippen LogP contribution in [0.3, 0.4) is 0 Å². The monoisotopic (exact) mass is 202 g/mol. The van der Waals surface area contributed by atoms with E-state index in [4.69, 9.17) is 4.74 Å². The molecule has 1 heteroatoms. The summed E-state index contributed by atoms with van der Waals surface area (Å²) < 4.78 is 6.06. The van der Waals surface area contributed by atoms with Gasteiger partial charge < -0.3 is 4.74 Å². The molecular weight excluding hydrogens is 184 g/mol. The molecular formula is C14H18O. The van der Waals surface area contributed by atoms with Crippen LogP contribution in [0.2, 0.25) is 0 Å². The Bertz CT molecular complexity index is 371. The highest BCUT2D eigenvalue weighted by atomic mass is 16.5. The lowest BCUT2D eigenvalue weighted by Gasteiger charge is -2.30. The van der Waals surface area contributed by atoms with E-state index in [-0.39, 0.29) is 11.5 Å². The molecule has 2 rings (SSSR count). The standard InChI is InChI=1S/C14H18O/c1-14(2,3)13-10-6-8-11-7-4-5-9-12(11)15-13/h4-9,13H,10H2,1-3H3. The SMILES string of the molecule is CC(C)(C)C1CC=Cc2ccccc2O1. The Morgan fingerprint density at radius 2 is 1.93 bits per heavy atom. The molecule has 80 valence electrons. The van der Waals surface area contributed by atoms with Crippen molar-refractivity contribution in [3.05, 3.63) is 35.9 Å². The first-order valence-electron chi connectivity index (χ1n) is 5.49. The Labute approximate surface area is 91.8 Å². The fraction of sp³-hybridized carbons (Fsp3) is 0.429. The lowest BCUT2D eigenvalue weighted by molar-refractivity contribution is 0.0905. The highest BCUT2D eigenvalue weighted by Gasteiger charge is 2.27. The number of hydrogen-bond acceptors (Lipinski definition) is 1. The molecule has 0 aromatic heterocycles. The Morgan fingerprint density at radius 1 is 1.20 bits per heavy atom. The minimum absolute atomic E-state index is 0.182. The first-order valence-corrected chi connectivity index (χ1v) is 5.49. The maximum absolute atomic E-state index is 6.06. The van der Waals surface area contributed by atoms with Crippen LogP contribution in [0.5, 0.6) is 5.75 Å². The number of para-hydroxylation sites is 1. The summed E-state index contributed by atoms with van der Waals surface area (Å²) in [6.45, 7) is 6.66. The predicted octanol–water partition coefficient (Wildman–Crippen LogP) is 3.90. The van der Waals surface area contributed by atoms with Crippen molar-refractivity contribution in [3.63, 3.8) is 0 Å². The average Bonchev–Trinajstić information content (AvgIpc) is 2.38. The van der Waals surface area contributed by atoms with Gasteiger partial charge in [-0.1, -0.05) is 51.1 Å². The maximum atomic E-state index is 6.06. The first kappa shape index (κ1) is 10.3. The van der Waals surface area contributed by atoms with E-state index >= 15 is 0 Å². The van der Waals surface area contributed by atoms with E-state index in [1.165, 1.54) is 5.56 Å². The second-order valence-electron chi connectivity index (χ2n) is 5.15. The van der Waals surface area contributed by atoms with Crippen LogP contribution in [0.4, 0.5) is 0 Å². The normalized spacial score (nSPS) is 20.3. The van der Waals surface area contributed by atoms with Crippen LogP contribution in [0.1, 0.15) is 32.8 Å². The second kappa shape index (κ2) is 3.73. The molecule has 1 aliphatic heterocycles. The van der Waals surface area contributed by atoms with Crippen molar-refractivity contribution in [2.24, 2.45) is 5.41 Å². The van der Waals surface area contributed by atoms with Crippen LogP contribution in [-0.2, 0) is 0 Å². The second-order valence-corrected chi connectivity index (χ2v) is 5.15. The molecule has 1 aromatic carbocycles. The van der Waals surface area contributed by atoms with Crippen LogP contribution < -0.4 is 4.74 Å². The molecule has 0 saturated heterocycles. The minimum atomic E-state index is 0.182. The predicted molar refractivity (Wildman–Crippen MR) is 64.0 cm³/mol. The third kappa shape index (κ3) is 2.23. The summed E-state index contributed by atoms with van der Waals surface area (Å²) >= 11 is 0. The zero-order valence-corrected chi connectivity index (χ0v) is 9.66. The number of ether oxygens (including phenoxy) is 1. The topological polar surface area (TPSA) is 9.23 Å². The van der Waals surface area contributed by atoms with Crippen LogP contribution in [0.15, 0.2) is 30.3 Å². The largest absolute Gasteiger partial charge is 0.489 e. The average molecular weight is 202 g/mol. The van der Waals surface area contributed by atoms with Crippen LogP contribution in [0, 0.1) is 5.41 Å². The number of benzene rings is 1. The maximum Gasteiger partial charge on any atom is 0.126 e. The van der Waals surface area contributed by atoms with Crippen molar-refractivity contribution in [1.82, 2.24) is 0 Å². The van der Waals surface area contributed by atoms with Crippen molar-refractivity contribution < 1.29 is 4.74 Å². The summed E-state index contributed by atoms with van der Waals surface area (Å²) in [5.41, 5.74) is 1.37. The fourth-order valence-corrected chi connectivity index (χ4v) is 1.78. The molecule has 1 heterocycles. The van der Waals surface area contributed by atoms with Crippen LogP contribution >= 0.6 is 0 Å². The Morgan fingerprint density at radius 3 is 2.67 bits per heavy atom. The summed E-state index contributed by atoms with van der Waals surface area (Å²) in [5, 5.41) is 0. The van der Waals surface area contributed by atoms with Gasteiger partial charge in [-0.25, -0.2) is 0 Å². The molecule has 1 atom stereocenters. The molecule has 0 saturated carbocycles. The lowest BCUT2D eigenvalue weighted by atomic mass is 9.87. The zero-order chi connectivity index (χ0) is 10.9. The molecule has 0 radical (unpaired) electrons. The molecule has 0 N–H and O–H groups in total. The first-order chi connectivity index (χ1) is 7.07. The quantitative estimate of drug-likeness (QED) is 0.620. The molecule has 15 heavy (non-hydrogen) atoms. The summed E-state index contributed by atoms with van der Waals surface area (Å²) in [6.07, 6.45) is 5.61. The van der Waals surface area contributed by atoms with Gasteiger partial charge in [-0.3, -0.25) is 0 Å². The number of fused-ring (bicyclic) bond motifs is 1. The van der Waals surface area contributed by atoms with E-state index in [2.05, 4.69) is 39.0 Å². The minimum Gasteiger partial charge on any atom is -0.489 e. The highest BCUT2D eigenvalue weighted by molar-refractivity contribution is 5.58. The van der Waals surface area contributed by atoms with E-state index in [1.807, 2.05) is 18.2 Å². The van der Waals surface area contributed by atoms with Crippen molar-refractivity contribution >= 4 is 6.08 Å². The van der Waals surface area contributed by atoms with Gasteiger partial charge in [-0.2, -0.15) is 0 Å². The number of rotatable bonds is 0. The highest BCUT2D eigenvalue weighted by Crippen LogP contribution is 2.32. The van der Waals surface area contributed by atoms with Gasteiger partial charge in [-0.15, -0.1) is 0 Å². The van der Waals surface area contributed by atoms with Gasteiger partial charge in [0.05, 0.1) is 0 Å². The van der Waals surface area contributed by atoms with Gasteiger partial charge in [0.25, 0.3) is 0 Å². The molecule has 1 aromatic rings. The van der Waals surface area contributed by atoms with Gasteiger partial charge in [0.2, 0.25) is 0 Å². The zero-order valence-electron chi connectivity index (χ0n) is 9.66. The van der Waals surface area contributed by atoms with E-state index < -0.39 is 0 Å². The Hall–Kier alpha value is -1.24.